The Balaban J connectivity index is 1.90. The van der Waals surface area contributed by atoms with Crippen LogP contribution < -0.4 is 10.6 Å². The first-order valence-corrected chi connectivity index (χ1v) is 8.35. The van der Waals surface area contributed by atoms with E-state index in [1.807, 2.05) is 19.9 Å². The first kappa shape index (κ1) is 16.5. The van der Waals surface area contributed by atoms with Crippen LogP contribution in [0, 0.1) is 13.8 Å². The van der Waals surface area contributed by atoms with E-state index < -0.39 is 0 Å². The van der Waals surface area contributed by atoms with Gasteiger partial charge >= 0.3 is 0 Å². The molecule has 2 N–H and O–H groups in total. The number of likely N-dealkylation sites (N-methyl/N-ethyl adjacent to an activating group) is 1. The van der Waals surface area contributed by atoms with Crippen LogP contribution in [0.2, 0.25) is 5.02 Å². The van der Waals surface area contributed by atoms with Crippen LogP contribution in [0.4, 0.5) is 5.69 Å². The van der Waals surface area contributed by atoms with Crippen molar-refractivity contribution in [1.29, 1.82) is 0 Å². The highest BCUT2D eigenvalue weighted by atomic mass is 35.5. The summed E-state index contributed by atoms with van der Waals surface area (Å²) in [6.45, 7) is 9.49. The maximum atomic E-state index is 6.29. The van der Waals surface area contributed by atoms with E-state index in [4.69, 9.17) is 23.8 Å². The number of likely N-dealkylation sites (tertiary alicyclic amines) is 1. The summed E-state index contributed by atoms with van der Waals surface area (Å²) < 4.78 is 0. The van der Waals surface area contributed by atoms with E-state index in [2.05, 4.69) is 28.5 Å². The molecule has 1 fully saturated rings. The number of anilines is 1. The third-order valence-corrected chi connectivity index (χ3v) is 4.62. The van der Waals surface area contributed by atoms with Crippen LogP contribution in [-0.2, 0) is 0 Å². The summed E-state index contributed by atoms with van der Waals surface area (Å²) in [6, 6.07) is 4.64. The van der Waals surface area contributed by atoms with E-state index in [1.54, 1.807) is 0 Å². The largest absolute Gasteiger partial charge is 0.361 e. The van der Waals surface area contributed by atoms with Gasteiger partial charge in [0.05, 0.1) is 10.7 Å². The average molecular weight is 326 g/mol. The molecule has 21 heavy (non-hydrogen) atoms. The Bertz CT molecular complexity index is 495. The number of hydrogen-bond acceptors (Lipinski definition) is 2. The van der Waals surface area contributed by atoms with Crippen LogP contribution in [0.1, 0.15) is 30.9 Å². The zero-order valence-electron chi connectivity index (χ0n) is 13.0. The van der Waals surface area contributed by atoms with Gasteiger partial charge in [-0.05, 0) is 69.2 Å². The van der Waals surface area contributed by atoms with Crippen LogP contribution >= 0.6 is 23.8 Å². The average Bonchev–Trinajstić information content (AvgIpc) is 2.88. The molecule has 0 aliphatic carbocycles. The normalized spacial score (nSPS) is 18.8. The van der Waals surface area contributed by atoms with Crippen LogP contribution in [0.15, 0.2) is 12.1 Å². The lowest BCUT2D eigenvalue weighted by Gasteiger charge is -2.24. The highest BCUT2D eigenvalue weighted by Gasteiger charge is 2.22. The Hall–Kier alpha value is -0.840. The molecule has 1 aliphatic rings. The Labute approximate surface area is 138 Å². The van der Waals surface area contributed by atoms with Crippen molar-refractivity contribution in [1.82, 2.24) is 10.2 Å². The van der Waals surface area contributed by atoms with Crippen LogP contribution in [0.3, 0.4) is 0 Å². The molecule has 0 bridgehead atoms. The Morgan fingerprint density at radius 1 is 1.43 bits per heavy atom. The molecule has 0 aromatic heterocycles. The standard InChI is InChI=1S/C16H24ClN3S/c1-4-20-7-5-6-13(20)10-18-16(21)19-15-12(3)8-11(2)9-14(15)17/h8-9,13H,4-7,10H2,1-3H3,(H2,18,19,21)/t13-/m1/s1. The van der Waals surface area contributed by atoms with Crippen molar-refractivity contribution in [3.63, 3.8) is 0 Å². The number of thiocarbonyl (C=S) groups is 1. The van der Waals surface area contributed by atoms with Crippen molar-refractivity contribution >= 4 is 34.6 Å². The molecule has 1 aliphatic heterocycles. The topological polar surface area (TPSA) is 27.3 Å². The van der Waals surface area contributed by atoms with E-state index in [9.17, 15) is 0 Å². The molecular formula is C16H24ClN3S. The molecule has 0 unspecified atom stereocenters. The Morgan fingerprint density at radius 3 is 2.86 bits per heavy atom. The number of nitrogens with zero attached hydrogens (tertiary/aromatic N) is 1. The van der Waals surface area contributed by atoms with E-state index in [0.29, 0.717) is 16.2 Å². The van der Waals surface area contributed by atoms with Gasteiger partial charge in [-0.25, -0.2) is 0 Å². The molecule has 116 valence electrons. The minimum absolute atomic E-state index is 0.587. The summed E-state index contributed by atoms with van der Waals surface area (Å²) in [5, 5.41) is 7.92. The van der Waals surface area contributed by atoms with Gasteiger partial charge in [0.1, 0.15) is 0 Å². The number of rotatable bonds is 4. The van der Waals surface area contributed by atoms with Crippen molar-refractivity contribution in [2.24, 2.45) is 0 Å². The molecular weight excluding hydrogens is 302 g/mol. The fourth-order valence-electron chi connectivity index (χ4n) is 2.98. The van der Waals surface area contributed by atoms with Crippen molar-refractivity contribution in [2.75, 3.05) is 25.0 Å². The number of nitrogens with one attached hydrogen (secondary N) is 2. The second-order valence-electron chi connectivity index (χ2n) is 5.70. The van der Waals surface area contributed by atoms with Crippen molar-refractivity contribution in [2.45, 2.75) is 39.7 Å². The monoisotopic (exact) mass is 325 g/mol. The van der Waals surface area contributed by atoms with Crippen LogP contribution in [0.5, 0.6) is 0 Å². The van der Waals surface area contributed by atoms with E-state index in [-0.39, 0.29) is 0 Å². The van der Waals surface area contributed by atoms with E-state index in [0.717, 1.165) is 29.9 Å². The lowest BCUT2D eigenvalue weighted by molar-refractivity contribution is 0.267. The predicted octanol–water partition coefficient (Wildman–Crippen LogP) is 3.73. The fraction of sp³-hybridized carbons (Fsp3) is 0.562. The Morgan fingerprint density at radius 2 is 2.19 bits per heavy atom. The number of benzene rings is 1. The highest BCUT2D eigenvalue weighted by Crippen LogP contribution is 2.27. The number of halogens is 1. The van der Waals surface area contributed by atoms with Gasteiger partial charge in [0.25, 0.3) is 0 Å². The third kappa shape index (κ3) is 4.31. The summed E-state index contributed by atoms with van der Waals surface area (Å²) in [7, 11) is 0. The molecule has 3 nitrogen and oxygen atoms in total. The first-order chi connectivity index (χ1) is 10.0. The predicted molar refractivity (Wildman–Crippen MR) is 95.4 cm³/mol. The smallest absolute Gasteiger partial charge is 0.170 e. The van der Waals surface area contributed by atoms with Gasteiger partial charge in [0.2, 0.25) is 0 Å². The SMILES string of the molecule is CCN1CCC[C@@H]1CNC(=S)Nc1c(C)cc(C)cc1Cl. The summed E-state index contributed by atoms with van der Waals surface area (Å²) in [5.74, 6) is 0. The Kier molecular flexibility index (Phi) is 5.85. The van der Waals surface area contributed by atoms with Crippen LogP contribution in [0.25, 0.3) is 0 Å². The molecule has 1 aromatic rings. The zero-order chi connectivity index (χ0) is 15.4. The lowest BCUT2D eigenvalue weighted by Crippen LogP contribution is -2.41. The van der Waals surface area contributed by atoms with Gasteiger partial charge in [-0.2, -0.15) is 0 Å². The summed E-state index contributed by atoms with van der Waals surface area (Å²) in [4.78, 5) is 2.50. The van der Waals surface area contributed by atoms with Gasteiger partial charge in [-0.15, -0.1) is 0 Å². The molecule has 0 amide bonds. The second kappa shape index (κ2) is 7.43. The van der Waals surface area contributed by atoms with Gasteiger partial charge in [-0.1, -0.05) is 24.6 Å². The summed E-state index contributed by atoms with van der Waals surface area (Å²) in [5.41, 5.74) is 3.17. The molecule has 0 radical (unpaired) electrons. The van der Waals surface area contributed by atoms with Gasteiger partial charge in [0, 0.05) is 12.6 Å². The molecule has 5 heteroatoms. The molecule has 1 atom stereocenters. The van der Waals surface area contributed by atoms with Crippen molar-refractivity contribution < 1.29 is 0 Å². The van der Waals surface area contributed by atoms with E-state index >= 15 is 0 Å². The number of hydrogen-bond donors (Lipinski definition) is 2. The molecule has 1 aromatic carbocycles. The molecule has 1 saturated heterocycles. The molecule has 0 spiro atoms. The second-order valence-corrected chi connectivity index (χ2v) is 6.51. The summed E-state index contributed by atoms with van der Waals surface area (Å²) in [6.07, 6.45) is 2.52. The van der Waals surface area contributed by atoms with Gasteiger partial charge in [0.15, 0.2) is 5.11 Å². The summed E-state index contributed by atoms with van der Waals surface area (Å²) >= 11 is 11.7. The number of aryl methyl sites for hydroxylation is 2. The highest BCUT2D eigenvalue weighted by molar-refractivity contribution is 7.80. The molecule has 2 rings (SSSR count). The minimum Gasteiger partial charge on any atom is -0.361 e. The quantitative estimate of drug-likeness (QED) is 0.825. The lowest BCUT2D eigenvalue weighted by atomic mass is 10.1. The fourth-order valence-corrected chi connectivity index (χ4v) is 3.54. The zero-order valence-corrected chi connectivity index (χ0v) is 14.6. The van der Waals surface area contributed by atoms with Gasteiger partial charge < -0.3 is 10.6 Å². The first-order valence-electron chi connectivity index (χ1n) is 7.57. The molecule has 1 heterocycles. The van der Waals surface area contributed by atoms with Crippen molar-refractivity contribution in [3.8, 4) is 0 Å². The maximum absolute atomic E-state index is 6.29. The van der Waals surface area contributed by atoms with Crippen molar-refractivity contribution in [3.05, 3.63) is 28.3 Å². The molecule has 0 saturated carbocycles. The minimum atomic E-state index is 0.587. The van der Waals surface area contributed by atoms with E-state index in [1.165, 1.54) is 19.4 Å². The maximum Gasteiger partial charge on any atom is 0.170 e. The van der Waals surface area contributed by atoms with Gasteiger partial charge in [-0.3, -0.25) is 4.90 Å². The third-order valence-electron chi connectivity index (χ3n) is 4.07. The van der Waals surface area contributed by atoms with Crippen LogP contribution in [-0.4, -0.2) is 35.7 Å².